The van der Waals surface area contributed by atoms with Crippen molar-refractivity contribution in [3.8, 4) is 0 Å². The van der Waals surface area contributed by atoms with E-state index in [1.54, 1.807) is 0 Å². The van der Waals surface area contributed by atoms with Crippen molar-refractivity contribution in [1.29, 1.82) is 0 Å². The van der Waals surface area contributed by atoms with Gasteiger partial charge >= 0.3 is 0 Å². The maximum absolute atomic E-state index is 2.33. The van der Waals surface area contributed by atoms with Crippen molar-refractivity contribution in [2.24, 2.45) is 0 Å². The van der Waals surface area contributed by atoms with Crippen LogP contribution in [0.5, 0.6) is 0 Å². The van der Waals surface area contributed by atoms with Crippen molar-refractivity contribution in [2.45, 2.75) is 105 Å². The number of hydrogen-bond donors (Lipinski definition) is 0. The van der Waals surface area contributed by atoms with Crippen LogP contribution < -0.4 is 0 Å². The lowest BCUT2D eigenvalue weighted by atomic mass is 10.0. The third-order valence-corrected chi connectivity index (χ3v) is 6.31. The van der Waals surface area contributed by atoms with Gasteiger partial charge in [0.2, 0.25) is 0 Å². The summed E-state index contributed by atoms with van der Waals surface area (Å²) in [6.45, 7) is 17.2. The minimum Gasteiger partial charge on any atom is -0.870 e. The second-order valence-electron chi connectivity index (χ2n) is 9.35. The van der Waals surface area contributed by atoms with Gasteiger partial charge in [-0.05, 0) is 36.5 Å². The standard InChI is InChI=1S/C16H36N.C10H8.C4H11B.2H2O/c1-5-9-13-17(14-10-6-2,15-11-7-3)16-12-8-4;1-2-6-10-8-4-3-7-9(10)5-1;1-2-3-4-5;;/h5-16H2,1-4H3;1-8H;2-5H2,1H3;2*1H2/q+1;;;;/p-1. The van der Waals surface area contributed by atoms with E-state index < -0.39 is 0 Å². The molecule has 0 aliphatic carbocycles. The van der Waals surface area contributed by atoms with Crippen LogP contribution in [0, 0.1) is 0 Å². The summed E-state index contributed by atoms with van der Waals surface area (Å²) in [5.74, 6) is 0. The predicted octanol–water partition coefficient (Wildman–Crippen LogP) is 7.68. The molecular weight excluding hydrogens is 417 g/mol. The molecule has 0 atom stereocenters. The quantitative estimate of drug-likeness (QED) is 0.204. The van der Waals surface area contributed by atoms with Crippen LogP contribution in [-0.4, -0.2) is 49.5 Å². The number of hydrogen-bond acceptors (Lipinski definition) is 1. The Morgan fingerprint density at radius 3 is 0.971 bits per heavy atom. The number of benzene rings is 2. The summed E-state index contributed by atoms with van der Waals surface area (Å²) in [5, 5.41) is 2.62. The maximum atomic E-state index is 2.33. The van der Waals surface area contributed by atoms with Crippen molar-refractivity contribution in [3.05, 3.63) is 48.5 Å². The van der Waals surface area contributed by atoms with Crippen LogP contribution in [0.15, 0.2) is 48.5 Å². The predicted molar refractivity (Wildman–Crippen MR) is 157 cm³/mol. The van der Waals surface area contributed by atoms with Crippen molar-refractivity contribution in [1.82, 2.24) is 0 Å². The Labute approximate surface area is 214 Å². The Balaban J connectivity index is -0.000000477. The van der Waals surface area contributed by atoms with Crippen LogP contribution in [-0.2, 0) is 0 Å². The fourth-order valence-corrected chi connectivity index (χ4v) is 4.13. The highest BCUT2D eigenvalue weighted by Crippen LogP contribution is 2.16. The number of fused-ring (bicyclic) bond motifs is 1. The largest absolute Gasteiger partial charge is 0.870 e. The fraction of sp³-hybridized carbons (Fsp3) is 0.667. The monoisotopic (exact) mass is 475 g/mol. The molecule has 0 spiro atoms. The van der Waals surface area contributed by atoms with E-state index >= 15 is 0 Å². The normalized spacial score (nSPS) is 10.1. The van der Waals surface area contributed by atoms with Gasteiger partial charge in [-0.2, -0.15) is 0 Å². The third-order valence-electron chi connectivity index (χ3n) is 6.31. The summed E-state index contributed by atoms with van der Waals surface area (Å²) in [6, 6.07) is 16.7. The molecule has 0 aliphatic rings. The average molecular weight is 476 g/mol. The van der Waals surface area contributed by atoms with E-state index in [9.17, 15) is 0 Å². The number of unbranched alkanes of at least 4 members (excludes halogenated alkanes) is 5. The van der Waals surface area contributed by atoms with Gasteiger partial charge in [0.25, 0.3) is 0 Å². The second kappa shape index (κ2) is 26.3. The van der Waals surface area contributed by atoms with Crippen molar-refractivity contribution < 1.29 is 15.4 Å². The van der Waals surface area contributed by atoms with E-state index in [4.69, 9.17) is 0 Å². The van der Waals surface area contributed by atoms with E-state index in [-0.39, 0.29) is 11.0 Å². The molecular formula is C30H58BNO2. The van der Waals surface area contributed by atoms with Gasteiger partial charge < -0.3 is 15.4 Å². The molecule has 0 amide bonds. The molecule has 34 heavy (non-hydrogen) atoms. The Bertz CT molecular complexity index is 545. The first-order valence-corrected chi connectivity index (χ1v) is 13.9. The minimum atomic E-state index is 0. The summed E-state index contributed by atoms with van der Waals surface area (Å²) < 4.78 is 1.42. The molecule has 0 aromatic heterocycles. The van der Waals surface area contributed by atoms with E-state index in [0.29, 0.717) is 0 Å². The van der Waals surface area contributed by atoms with Gasteiger partial charge in [-0.15, -0.1) is 0 Å². The molecule has 0 heterocycles. The van der Waals surface area contributed by atoms with E-state index in [2.05, 4.69) is 91.0 Å². The number of rotatable bonds is 14. The second-order valence-corrected chi connectivity index (χ2v) is 9.35. The Hall–Kier alpha value is -1.36. The summed E-state index contributed by atoms with van der Waals surface area (Å²) >= 11 is 0. The van der Waals surface area contributed by atoms with Gasteiger partial charge in [-0.25, -0.2) is 0 Å². The van der Waals surface area contributed by atoms with Crippen LogP contribution in [0.4, 0.5) is 0 Å². The van der Waals surface area contributed by atoms with E-state index in [1.165, 1.54) is 112 Å². The van der Waals surface area contributed by atoms with Crippen molar-refractivity contribution in [2.75, 3.05) is 26.2 Å². The molecule has 0 saturated heterocycles. The van der Waals surface area contributed by atoms with Gasteiger partial charge in [0.1, 0.15) is 7.85 Å². The smallest absolute Gasteiger partial charge is 0.101 e. The first-order valence-electron chi connectivity index (χ1n) is 13.9. The van der Waals surface area contributed by atoms with E-state index in [1.807, 2.05) is 0 Å². The molecule has 2 rings (SSSR count). The van der Waals surface area contributed by atoms with Crippen LogP contribution >= 0.6 is 0 Å². The van der Waals surface area contributed by atoms with Gasteiger partial charge in [0, 0.05) is 0 Å². The minimum absolute atomic E-state index is 0. The molecule has 198 valence electrons. The first-order chi connectivity index (χ1) is 15.6. The number of nitrogens with zero attached hydrogens (tertiary/aromatic N) is 1. The molecule has 4 heteroatoms. The molecule has 0 bridgehead atoms. The maximum Gasteiger partial charge on any atom is 0.101 e. The lowest BCUT2D eigenvalue weighted by Gasteiger charge is -2.39. The van der Waals surface area contributed by atoms with Crippen molar-refractivity contribution in [3.63, 3.8) is 0 Å². The summed E-state index contributed by atoms with van der Waals surface area (Å²) in [7, 11) is 2.21. The lowest BCUT2D eigenvalue weighted by molar-refractivity contribution is -0.929. The van der Waals surface area contributed by atoms with Gasteiger partial charge in [0.15, 0.2) is 0 Å². The summed E-state index contributed by atoms with van der Waals surface area (Å²) in [6.07, 6.45) is 15.1. The lowest BCUT2D eigenvalue weighted by Crippen LogP contribution is -2.50. The average Bonchev–Trinajstić information content (AvgIpc) is 2.84. The zero-order chi connectivity index (χ0) is 23.9. The highest BCUT2D eigenvalue weighted by Gasteiger charge is 2.24. The molecule has 0 aliphatic heterocycles. The van der Waals surface area contributed by atoms with Gasteiger partial charge in [-0.1, -0.05) is 128 Å². The molecule has 0 fully saturated rings. The Morgan fingerprint density at radius 1 is 0.529 bits per heavy atom. The molecule has 2 aromatic carbocycles. The highest BCUT2D eigenvalue weighted by molar-refractivity contribution is 6.08. The van der Waals surface area contributed by atoms with Gasteiger partial charge in [0.05, 0.1) is 26.2 Å². The van der Waals surface area contributed by atoms with Crippen LogP contribution in [0.3, 0.4) is 0 Å². The van der Waals surface area contributed by atoms with Gasteiger partial charge in [-0.3, -0.25) is 0 Å². The topological polar surface area (TPSA) is 61.5 Å². The SMILES string of the molecule is BCCCC.CCCC[N+](CCCC)(CCCC)CCCC.O.[OH-].c1ccc2ccccc2c1. The zero-order valence-electron chi connectivity index (χ0n) is 23.6. The van der Waals surface area contributed by atoms with E-state index in [0.717, 1.165) is 0 Å². The third kappa shape index (κ3) is 18.0. The zero-order valence-corrected chi connectivity index (χ0v) is 23.6. The molecule has 3 nitrogen and oxygen atoms in total. The molecule has 0 saturated carbocycles. The molecule has 0 unspecified atom stereocenters. The molecule has 2 aromatic rings. The summed E-state index contributed by atoms with van der Waals surface area (Å²) in [5.41, 5.74) is 0. The highest BCUT2D eigenvalue weighted by atomic mass is 16.0. The first kappa shape index (κ1) is 37.2. The van der Waals surface area contributed by atoms with Crippen LogP contribution in [0.25, 0.3) is 10.8 Å². The fourth-order valence-electron chi connectivity index (χ4n) is 4.13. The van der Waals surface area contributed by atoms with Crippen LogP contribution in [0.1, 0.15) is 98.8 Å². The molecule has 3 N–H and O–H groups in total. The Kier molecular flexibility index (Phi) is 28.7. The summed E-state index contributed by atoms with van der Waals surface area (Å²) in [4.78, 5) is 0. The number of quaternary nitrogens is 1. The van der Waals surface area contributed by atoms with Crippen LogP contribution in [0.2, 0.25) is 6.32 Å². The molecule has 0 radical (unpaired) electrons. The Morgan fingerprint density at radius 2 is 0.794 bits per heavy atom. The van der Waals surface area contributed by atoms with Crippen molar-refractivity contribution >= 4 is 18.6 Å².